The van der Waals surface area contributed by atoms with Crippen LogP contribution in [0.3, 0.4) is 0 Å². The third-order valence-corrected chi connectivity index (χ3v) is 2.86. The standard InChI is InChI=1S/C10H11Br2NO2/c1-15-4-2-3-9(14)10-8(12)5-7(11)6-13-10/h5-6H,2-4H2,1H3. The maximum absolute atomic E-state index is 11.7. The Morgan fingerprint density at radius 3 is 2.87 bits per heavy atom. The topological polar surface area (TPSA) is 39.2 Å². The molecule has 0 saturated heterocycles. The number of ketones is 1. The van der Waals surface area contributed by atoms with Crippen molar-refractivity contribution in [3.8, 4) is 0 Å². The van der Waals surface area contributed by atoms with E-state index in [0.717, 1.165) is 15.4 Å². The molecular weight excluding hydrogens is 326 g/mol. The van der Waals surface area contributed by atoms with Crippen LogP contribution in [0.1, 0.15) is 23.3 Å². The third-order valence-electron chi connectivity index (χ3n) is 1.82. The zero-order valence-corrected chi connectivity index (χ0v) is 11.5. The second-order valence-corrected chi connectivity index (χ2v) is 4.77. The number of hydrogen-bond donors (Lipinski definition) is 0. The molecule has 0 atom stereocenters. The van der Waals surface area contributed by atoms with Gasteiger partial charge in [0, 0.05) is 35.3 Å². The highest BCUT2D eigenvalue weighted by atomic mass is 79.9. The van der Waals surface area contributed by atoms with E-state index in [1.165, 1.54) is 0 Å². The molecule has 0 radical (unpaired) electrons. The van der Waals surface area contributed by atoms with E-state index < -0.39 is 0 Å². The van der Waals surface area contributed by atoms with E-state index in [9.17, 15) is 4.79 Å². The molecule has 0 aromatic carbocycles. The van der Waals surface area contributed by atoms with Crippen molar-refractivity contribution < 1.29 is 9.53 Å². The average molecular weight is 337 g/mol. The summed E-state index contributed by atoms with van der Waals surface area (Å²) in [6.45, 7) is 0.597. The van der Waals surface area contributed by atoms with Crippen LogP contribution in [0.15, 0.2) is 21.2 Å². The maximum atomic E-state index is 11.7. The molecule has 1 rings (SSSR count). The molecule has 1 aromatic rings. The normalized spacial score (nSPS) is 10.3. The van der Waals surface area contributed by atoms with Gasteiger partial charge in [0.05, 0.1) is 0 Å². The monoisotopic (exact) mass is 335 g/mol. The molecule has 0 amide bonds. The van der Waals surface area contributed by atoms with Crippen molar-refractivity contribution in [3.63, 3.8) is 0 Å². The molecule has 0 spiro atoms. The predicted molar refractivity (Wildman–Crippen MR) is 65.1 cm³/mol. The van der Waals surface area contributed by atoms with Gasteiger partial charge in [-0.3, -0.25) is 9.78 Å². The Hall–Kier alpha value is -0.260. The zero-order valence-electron chi connectivity index (χ0n) is 8.30. The molecule has 0 aliphatic carbocycles. The first-order chi connectivity index (χ1) is 7.15. The largest absolute Gasteiger partial charge is 0.385 e. The highest BCUT2D eigenvalue weighted by molar-refractivity contribution is 9.11. The minimum atomic E-state index is 0.0337. The Labute approximate surface area is 105 Å². The lowest BCUT2D eigenvalue weighted by molar-refractivity contribution is 0.0958. The summed E-state index contributed by atoms with van der Waals surface area (Å²) in [5.41, 5.74) is 0.481. The van der Waals surface area contributed by atoms with Crippen LogP contribution < -0.4 is 0 Å². The minimum absolute atomic E-state index is 0.0337. The number of halogens is 2. The number of nitrogens with zero attached hydrogens (tertiary/aromatic N) is 1. The molecule has 5 heteroatoms. The van der Waals surface area contributed by atoms with Crippen LogP contribution in [-0.2, 0) is 4.74 Å². The summed E-state index contributed by atoms with van der Waals surface area (Å²) in [6.07, 6.45) is 2.80. The average Bonchev–Trinajstić information content (AvgIpc) is 2.17. The van der Waals surface area contributed by atoms with Gasteiger partial charge in [0.1, 0.15) is 5.69 Å². The van der Waals surface area contributed by atoms with Crippen molar-refractivity contribution >= 4 is 37.6 Å². The first-order valence-electron chi connectivity index (χ1n) is 4.48. The zero-order chi connectivity index (χ0) is 11.3. The van der Waals surface area contributed by atoms with Crippen LogP contribution in [0.2, 0.25) is 0 Å². The van der Waals surface area contributed by atoms with Gasteiger partial charge in [0.25, 0.3) is 0 Å². The highest BCUT2D eigenvalue weighted by Gasteiger charge is 2.11. The second-order valence-electron chi connectivity index (χ2n) is 3.00. The summed E-state index contributed by atoms with van der Waals surface area (Å²) in [5.74, 6) is 0.0337. The molecule has 0 bridgehead atoms. The fraction of sp³-hybridized carbons (Fsp3) is 0.400. The van der Waals surface area contributed by atoms with E-state index in [-0.39, 0.29) is 5.78 Å². The Kier molecular flexibility index (Phi) is 5.42. The number of pyridine rings is 1. The van der Waals surface area contributed by atoms with Crippen molar-refractivity contribution in [1.29, 1.82) is 0 Å². The summed E-state index contributed by atoms with van der Waals surface area (Å²) >= 11 is 6.60. The molecular formula is C10H11Br2NO2. The van der Waals surface area contributed by atoms with Gasteiger partial charge in [-0.05, 0) is 44.3 Å². The Morgan fingerprint density at radius 2 is 2.27 bits per heavy atom. The van der Waals surface area contributed by atoms with Crippen LogP contribution in [0.25, 0.3) is 0 Å². The first-order valence-corrected chi connectivity index (χ1v) is 6.07. The number of ether oxygens (including phenoxy) is 1. The van der Waals surface area contributed by atoms with Crippen molar-refractivity contribution in [2.45, 2.75) is 12.8 Å². The number of carbonyl (C=O) groups excluding carboxylic acids is 1. The molecule has 82 valence electrons. The predicted octanol–water partition coefficient (Wildman–Crippen LogP) is 3.22. The van der Waals surface area contributed by atoms with Crippen LogP contribution in [0.4, 0.5) is 0 Å². The summed E-state index contributed by atoms with van der Waals surface area (Å²) in [6, 6.07) is 1.82. The van der Waals surface area contributed by atoms with Gasteiger partial charge in [-0.2, -0.15) is 0 Å². The van der Waals surface area contributed by atoms with Gasteiger partial charge >= 0.3 is 0 Å². The van der Waals surface area contributed by atoms with E-state index >= 15 is 0 Å². The summed E-state index contributed by atoms with van der Waals surface area (Å²) in [5, 5.41) is 0. The number of carbonyl (C=O) groups is 1. The van der Waals surface area contributed by atoms with Crippen molar-refractivity contribution in [2.75, 3.05) is 13.7 Å². The molecule has 1 heterocycles. The van der Waals surface area contributed by atoms with Crippen LogP contribution in [0, 0.1) is 0 Å². The fourth-order valence-electron chi connectivity index (χ4n) is 1.12. The molecule has 0 unspecified atom stereocenters. The van der Waals surface area contributed by atoms with Gasteiger partial charge in [0.2, 0.25) is 0 Å². The van der Waals surface area contributed by atoms with Gasteiger partial charge < -0.3 is 4.74 Å². The first kappa shape index (κ1) is 12.8. The Bertz CT molecular complexity index is 355. The molecule has 1 aromatic heterocycles. The smallest absolute Gasteiger partial charge is 0.182 e. The van der Waals surface area contributed by atoms with E-state index in [1.807, 2.05) is 6.07 Å². The lowest BCUT2D eigenvalue weighted by atomic mass is 10.1. The molecule has 0 saturated carbocycles. The number of hydrogen-bond acceptors (Lipinski definition) is 3. The van der Waals surface area contributed by atoms with E-state index in [2.05, 4.69) is 36.8 Å². The maximum Gasteiger partial charge on any atom is 0.182 e. The van der Waals surface area contributed by atoms with Gasteiger partial charge in [0.15, 0.2) is 5.78 Å². The lowest BCUT2D eigenvalue weighted by Gasteiger charge is -2.02. The molecule has 15 heavy (non-hydrogen) atoms. The Balaban J connectivity index is 2.65. The molecule has 3 nitrogen and oxygen atoms in total. The van der Waals surface area contributed by atoms with Gasteiger partial charge in [-0.15, -0.1) is 0 Å². The highest BCUT2D eigenvalue weighted by Crippen LogP contribution is 2.20. The van der Waals surface area contributed by atoms with Crippen LogP contribution in [0.5, 0.6) is 0 Å². The molecule has 0 aliphatic heterocycles. The lowest BCUT2D eigenvalue weighted by Crippen LogP contribution is -2.04. The SMILES string of the molecule is COCCCC(=O)c1ncc(Br)cc1Br. The minimum Gasteiger partial charge on any atom is -0.385 e. The van der Waals surface area contributed by atoms with E-state index in [4.69, 9.17) is 4.74 Å². The number of rotatable bonds is 5. The van der Waals surface area contributed by atoms with Crippen molar-refractivity contribution in [3.05, 3.63) is 26.9 Å². The number of methoxy groups -OCH3 is 1. The summed E-state index contributed by atoms with van der Waals surface area (Å²) in [7, 11) is 1.62. The second kappa shape index (κ2) is 6.35. The number of aromatic nitrogens is 1. The van der Waals surface area contributed by atoms with Gasteiger partial charge in [-0.25, -0.2) is 0 Å². The molecule has 0 fully saturated rings. The number of Topliss-reactive ketones (excluding diaryl/α,β-unsaturated/α-hetero) is 1. The van der Waals surface area contributed by atoms with Gasteiger partial charge in [-0.1, -0.05) is 0 Å². The molecule has 0 N–H and O–H groups in total. The van der Waals surface area contributed by atoms with Crippen LogP contribution in [-0.4, -0.2) is 24.5 Å². The third kappa shape index (κ3) is 4.01. The summed E-state index contributed by atoms with van der Waals surface area (Å²) < 4.78 is 6.46. The van der Waals surface area contributed by atoms with E-state index in [1.54, 1.807) is 13.3 Å². The van der Waals surface area contributed by atoms with E-state index in [0.29, 0.717) is 18.7 Å². The summed E-state index contributed by atoms with van der Waals surface area (Å²) in [4.78, 5) is 15.8. The van der Waals surface area contributed by atoms with Crippen LogP contribution >= 0.6 is 31.9 Å². The molecule has 0 aliphatic rings. The van der Waals surface area contributed by atoms with Crippen molar-refractivity contribution in [2.24, 2.45) is 0 Å². The van der Waals surface area contributed by atoms with Crippen molar-refractivity contribution in [1.82, 2.24) is 4.98 Å². The Morgan fingerprint density at radius 1 is 1.53 bits per heavy atom. The fourth-order valence-corrected chi connectivity index (χ4v) is 2.32. The quantitative estimate of drug-likeness (QED) is 0.612.